The molecule has 1 heterocycles. The van der Waals surface area contributed by atoms with Crippen LogP contribution < -0.4 is 10.1 Å². The third-order valence-corrected chi connectivity index (χ3v) is 5.06. The lowest BCUT2D eigenvalue weighted by Gasteiger charge is -2.31. The Labute approximate surface area is 190 Å². The largest absolute Gasteiger partial charge is 0.463 e. The van der Waals surface area contributed by atoms with Crippen LogP contribution in [0.3, 0.4) is 0 Å². The molecule has 32 heavy (non-hydrogen) atoms. The molecule has 0 spiro atoms. The van der Waals surface area contributed by atoms with Gasteiger partial charge in [0.2, 0.25) is 0 Å². The van der Waals surface area contributed by atoms with Crippen LogP contribution in [0.4, 0.5) is 14.5 Å². The number of non-ortho nitro benzene ring substituents is 1. The molecule has 2 rings (SSSR count). The Balaban J connectivity index is 2.88. The minimum Gasteiger partial charge on any atom is -0.463 e. The molecule has 0 saturated carbocycles. The number of hydrogen-bond donors (Lipinski definition) is 1. The molecule has 1 aromatic rings. The molecule has 0 unspecified atom stereocenters. The third kappa shape index (κ3) is 5.42. The highest BCUT2D eigenvalue weighted by Crippen LogP contribution is 2.44. The van der Waals surface area contributed by atoms with Crippen LogP contribution in [0.15, 0.2) is 40.7 Å². The maximum atomic E-state index is 13.1. The van der Waals surface area contributed by atoms with E-state index >= 15 is 0 Å². The second-order valence-corrected chi connectivity index (χ2v) is 6.98. The van der Waals surface area contributed by atoms with E-state index < -0.39 is 40.8 Å². The van der Waals surface area contributed by atoms with E-state index in [1.807, 2.05) is 0 Å². The van der Waals surface area contributed by atoms with Gasteiger partial charge in [0.25, 0.3) is 5.69 Å². The monoisotopic (exact) mass is 518 g/mol. The highest BCUT2D eigenvalue weighted by molar-refractivity contribution is 9.09. The fourth-order valence-corrected chi connectivity index (χ4v) is 3.76. The van der Waals surface area contributed by atoms with Gasteiger partial charge in [0.05, 0.1) is 35.2 Å². The fourth-order valence-electron chi connectivity index (χ4n) is 3.32. The molecule has 9 nitrogen and oxygen atoms in total. The van der Waals surface area contributed by atoms with Gasteiger partial charge in [-0.15, -0.1) is 0 Å². The molecule has 1 atom stereocenters. The molecule has 0 radical (unpaired) electrons. The van der Waals surface area contributed by atoms with Crippen LogP contribution in [0, 0.1) is 10.1 Å². The topological polar surface area (TPSA) is 117 Å². The maximum absolute atomic E-state index is 13.1. The summed E-state index contributed by atoms with van der Waals surface area (Å²) in [4.78, 5) is 36.4. The van der Waals surface area contributed by atoms with Gasteiger partial charge in [-0.25, -0.2) is 9.59 Å². The molecule has 1 aliphatic heterocycles. The van der Waals surface area contributed by atoms with E-state index in [2.05, 4.69) is 26.0 Å². The van der Waals surface area contributed by atoms with Crippen LogP contribution in [-0.2, 0) is 19.1 Å². The van der Waals surface area contributed by atoms with E-state index in [9.17, 15) is 28.5 Å². The summed E-state index contributed by atoms with van der Waals surface area (Å²) in [5.74, 6) is -3.41. The van der Waals surface area contributed by atoms with Crippen molar-refractivity contribution in [2.45, 2.75) is 33.3 Å². The van der Waals surface area contributed by atoms with Gasteiger partial charge in [-0.1, -0.05) is 15.9 Å². The molecule has 1 N–H and O–H groups in total. The molecule has 1 aliphatic rings. The van der Waals surface area contributed by atoms with E-state index in [1.54, 1.807) is 13.8 Å². The fraction of sp³-hybridized carbons (Fsp3) is 0.400. The summed E-state index contributed by atoms with van der Waals surface area (Å²) in [6.45, 7) is 1.43. The van der Waals surface area contributed by atoms with Gasteiger partial charge >= 0.3 is 18.6 Å². The second-order valence-electron chi connectivity index (χ2n) is 6.42. The van der Waals surface area contributed by atoms with Crippen molar-refractivity contribution in [3.8, 4) is 5.75 Å². The van der Waals surface area contributed by atoms with Crippen molar-refractivity contribution < 1.29 is 37.5 Å². The molecule has 0 saturated heterocycles. The quantitative estimate of drug-likeness (QED) is 0.226. The van der Waals surface area contributed by atoms with Crippen LogP contribution in [0.5, 0.6) is 5.75 Å². The first-order valence-corrected chi connectivity index (χ1v) is 10.6. The van der Waals surface area contributed by atoms with Crippen LogP contribution >= 0.6 is 15.9 Å². The van der Waals surface area contributed by atoms with Crippen LogP contribution in [-0.4, -0.2) is 42.0 Å². The summed E-state index contributed by atoms with van der Waals surface area (Å²) >= 11 is 3.26. The molecule has 0 amide bonds. The van der Waals surface area contributed by atoms with E-state index in [1.165, 1.54) is 6.92 Å². The number of esters is 2. The number of benzene rings is 1. The number of nitro benzene ring substituents is 1. The minimum absolute atomic E-state index is 0.00141. The summed E-state index contributed by atoms with van der Waals surface area (Å²) in [6, 6.07) is 2.98. The molecule has 0 fully saturated rings. The molecular formula is C20H21BrF2N2O7. The summed E-state index contributed by atoms with van der Waals surface area (Å²) in [5.41, 5.74) is -0.204. The number of nitro groups is 1. The first-order chi connectivity index (χ1) is 15.2. The molecule has 0 aliphatic carbocycles. The lowest BCUT2D eigenvalue weighted by molar-refractivity contribution is -0.385. The van der Waals surface area contributed by atoms with Crippen molar-refractivity contribution in [2.24, 2.45) is 0 Å². The highest BCUT2D eigenvalue weighted by atomic mass is 79.9. The lowest BCUT2D eigenvalue weighted by atomic mass is 9.79. The summed E-state index contributed by atoms with van der Waals surface area (Å²) in [5, 5.41) is 14.4. The number of allylic oxidation sites excluding steroid dienone is 2. The van der Waals surface area contributed by atoms with Crippen LogP contribution in [0.2, 0.25) is 0 Å². The van der Waals surface area contributed by atoms with Gasteiger partial charge in [-0.2, -0.15) is 8.78 Å². The molecule has 12 heteroatoms. The van der Waals surface area contributed by atoms with E-state index in [-0.39, 0.29) is 41.0 Å². The van der Waals surface area contributed by atoms with Crippen LogP contribution in [0.25, 0.3) is 0 Å². The van der Waals surface area contributed by atoms with Gasteiger partial charge in [0.15, 0.2) is 0 Å². The number of rotatable bonds is 9. The first kappa shape index (κ1) is 25.2. The van der Waals surface area contributed by atoms with Crippen molar-refractivity contribution in [2.75, 3.05) is 18.5 Å². The number of carbonyl (C=O) groups excluding carboxylic acids is 2. The average Bonchev–Trinajstić information content (AvgIpc) is 2.72. The highest BCUT2D eigenvalue weighted by Gasteiger charge is 2.41. The number of alkyl halides is 3. The van der Waals surface area contributed by atoms with Gasteiger partial charge < -0.3 is 19.5 Å². The maximum Gasteiger partial charge on any atom is 0.387 e. The lowest BCUT2D eigenvalue weighted by Crippen LogP contribution is -2.34. The average molecular weight is 519 g/mol. The van der Waals surface area contributed by atoms with Crippen molar-refractivity contribution in [1.29, 1.82) is 0 Å². The molecular weight excluding hydrogens is 498 g/mol. The molecule has 174 valence electrons. The normalized spacial score (nSPS) is 16.0. The second kappa shape index (κ2) is 11.0. The smallest absolute Gasteiger partial charge is 0.387 e. The van der Waals surface area contributed by atoms with Gasteiger partial charge in [0, 0.05) is 34.4 Å². The van der Waals surface area contributed by atoms with Gasteiger partial charge in [-0.3, -0.25) is 10.1 Å². The molecule has 1 aromatic carbocycles. The van der Waals surface area contributed by atoms with Crippen molar-refractivity contribution in [3.63, 3.8) is 0 Å². The Morgan fingerprint density at radius 3 is 2.28 bits per heavy atom. The zero-order valence-corrected chi connectivity index (χ0v) is 19.0. The summed E-state index contributed by atoms with van der Waals surface area (Å²) in [6.07, 6.45) is 0. The third-order valence-electron chi connectivity index (χ3n) is 4.50. The number of dihydropyridines is 1. The van der Waals surface area contributed by atoms with Crippen molar-refractivity contribution in [1.82, 2.24) is 5.32 Å². The van der Waals surface area contributed by atoms with Gasteiger partial charge in [-0.05, 0) is 26.8 Å². The first-order valence-electron chi connectivity index (χ1n) is 9.50. The van der Waals surface area contributed by atoms with E-state index in [0.29, 0.717) is 5.70 Å². The number of halogens is 3. The molecule has 0 aromatic heterocycles. The predicted octanol–water partition coefficient (Wildman–Crippen LogP) is 3.93. The Morgan fingerprint density at radius 2 is 1.78 bits per heavy atom. The van der Waals surface area contributed by atoms with Crippen molar-refractivity contribution in [3.05, 3.63) is 56.4 Å². The number of nitrogens with one attached hydrogen (secondary N) is 1. The summed E-state index contributed by atoms with van der Waals surface area (Å²) < 4.78 is 41.1. The number of hydrogen-bond acceptors (Lipinski definition) is 8. The van der Waals surface area contributed by atoms with Gasteiger partial charge in [0.1, 0.15) is 5.75 Å². The van der Waals surface area contributed by atoms with E-state index in [4.69, 9.17) is 9.47 Å². The predicted molar refractivity (Wildman–Crippen MR) is 112 cm³/mol. The van der Waals surface area contributed by atoms with Crippen LogP contribution in [0.1, 0.15) is 32.3 Å². The zero-order chi connectivity index (χ0) is 24.0. The Hall–Kier alpha value is -3.02. The molecule has 0 bridgehead atoms. The number of nitrogens with zero attached hydrogens (tertiary/aromatic N) is 1. The van der Waals surface area contributed by atoms with Crippen molar-refractivity contribution >= 4 is 33.6 Å². The Morgan fingerprint density at radius 1 is 1.19 bits per heavy atom. The Kier molecular flexibility index (Phi) is 8.70. The Bertz CT molecular complexity index is 979. The minimum atomic E-state index is -3.25. The summed E-state index contributed by atoms with van der Waals surface area (Å²) in [7, 11) is 0. The number of carbonyl (C=O) groups is 2. The van der Waals surface area contributed by atoms with E-state index in [0.717, 1.165) is 18.2 Å². The zero-order valence-electron chi connectivity index (χ0n) is 17.4. The SMILES string of the molecule is CCOC(=O)C1=C(C)NC(CBr)=C(C(=O)OCC)[C@@H]1c1cc([N+](=O)[O-])ccc1OC(F)F. The standard InChI is InChI=1S/C20H21BrF2N2O7/c1-4-30-18(26)15-10(3)24-13(9-21)17(19(27)31-5-2)16(15)12-8-11(25(28)29)6-7-14(12)32-20(22)23/h6-8,16,20,24H,4-5,9H2,1-3H3/t16-/m1/s1. The number of ether oxygens (including phenoxy) is 3.